The first kappa shape index (κ1) is 18.2. The Bertz CT molecular complexity index is 924. The number of thiazole rings is 1. The number of hydrogen-bond acceptors (Lipinski definition) is 7. The first-order valence-electron chi connectivity index (χ1n) is 8.22. The van der Waals surface area contributed by atoms with Crippen LogP contribution < -0.4 is 4.74 Å². The highest BCUT2D eigenvalue weighted by Crippen LogP contribution is 2.38. The molecule has 138 valence electrons. The molecule has 4 rings (SSSR count). The van der Waals surface area contributed by atoms with Crippen LogP contribution in [0.3, 0.4) is 0 Å². The molecule has 0 saturated carbocycles. The Morgan fingerprint density at radius 1 is 1.31 bits per heavy atom. The van der Waals surface area contributed by atoms with Gasteiger partial charge in [0.15, 0.2) is 9.84 Å². The largest absolute Gasteiger partial charge is 0.497 e. The Morgan fingerprint density at radius 2 is 2.08 bits per heavy atom. The number of methoxy groups -OCH3 is 1. The van der Waals surface area contributed by atoms with E-state index < -0.39 is 9.84 Å². The van der Waals surface area contributed by atoms with E-state index in [1.165, 1.54) is 11.8 Å². The van der Waals surface area contributed by atoms with Crippen LogP contribution in [0.4, 0.5) is 0 Å². The van der Waals surface area contributed by atoms with Crippen LogP contribution in [0.5, 0.6) is 5.75 Å². The van der Waals surface area contributed by atoms with Crippen LogP contribution in [-0.4, -0.2) is 59.1 Å². The molecule has 2 aromatic rings. The van der Waals surface area contributed by atoms with Gasteiger partial charge in [0.2, 0.25) is 0 Å². The minimum Gasteiger partial charge on any atom is -0.497 e. The van der Waals surface area contributed by atoms with Gasteiger partial charge < -0.3 is 9.64 Å². The number of thioether (sulfide) groups is 1. The number of ether oxygens (including phenoxy) is 1. The van der Waals surface area contributed by atoms with Crippen LogP contribution in [0.2, 0.25) is 0 Å². The lowest BCUT2D eigenvalue weighted by atomic mass is 10.2. The summed E-state index contributed by atoms with van der Waals surface area (Å²) in [6, 6.07) is 7.87. The molecule has 0 aliphatic carbocycles. The van der Waals surface area contributed by atoms with Crippen LogP contribution in [0.1, 0.15) is 5.01 Å². The van der Waals surface area contributed by atoms with E-state index in [0.717, 1.165) is 39.3 Å². The predicted molar refractivity (Wildman–Crippen MR) is 111 cm³/mol. The molecule has 26 heavy (non-hydrogen) atoms. The van der Waals surface area contributed by atoms with Crippen molar-refractivity contribution in [2.45, 2.75) is 17.7 Å². The second-order valence-corrected chi connectivity index (χ2v) is 11.3. The third-order valence-electron chi connectivity index (χ3n) is 4.66. The van der Waals surface area contributed by atoms with Gasteiger partial charge in [0, 0.05) is 29.2 Å². The fourth-order valence-electron chi connectivity index (χ4n) is 3.33. The average Bonchev–Trinajstić information content (AvgIpc) is 3.26. The molecule has 0 N–H and O–H groups in total. The monoisotopic (exact) mass is 426 g/mol. The number of benzene rings is 1. The fraction of sp³-hybridized carbons (Fsp3) is 0.412. The number of nitrogens with zero attached hydrogens (tertiary/aromatic N) is 2. The number of thiocarbonyl (C=S) groups is 1. The maximum absolute atomic E-state index is 11.9. The third-order valence-corrected chi connectivity index (χ3v) is 9.24. The van der Waals surface area contributed by atoms with E-state index in [9.17, 15) is 8.42 Å². The second-order valence-electron chi connectivity index (χ2n) is 6.36. The first-order chi connectivity index (χ1) is 12.4. The first-order valence-corrected chi connectivity index (χ1v) is 12.2. The van der Waals surface area contributed by atoms with Crippen LogP contribution >= 0.6 is 35.3 Å². The van der Waals surface area contributed by atoms with E-state index >= 15 is 0 Å². The molecule has 2 fully saturated rings. The molecule has 2 atom stereocenters. The zero-order valence-electron chi connectivity index (χ0n) is 14.1. The minimum atomic E-state index is -2.93. The van der Waals surface area contributed by atoms with Crippen molar-refractivity contribution in [1.82, 2.24) is 9.88 Å². The van der Waals surface area contributed by atoms with Gasteiger partial charge >= 0.3 is 0 Å². The number of aromatic nitrogens is 1. The lowest BCUT2D eigenvalue weighted by Crippen LogP contribution is -2.38. The van der Waals surface area contributed by atoms with Crippen molar-refractivity contribution < 1.29 is 13.2 Å². The van der Waals surface area contributed by atoms with Gasteiger partial charge in [0.25, 0.3) is 0 Å². The summed E-state index contributed by atoms with van der Waals surface area (Å²) in [5.74, 6) is 1.29. The Labute approximate surface area is 166 Å². The van der Waals surface area contributed by atoms with Gasteiger partial charge in [-0.1, -0.05) is 24.0 Å². The molecule has 2 aliphatic heterocycles. The standard InChI is InChI=1S/C17H18N2O3S4/c1-22-12-4-2-11(3-5-12)13-8-24-16(18-13)6-7-19-14-9-26(20,21)10-15(14)25-17(19)23/h2-5,8,14-15H,6-7,9-10H2,1H3/t14-,15+/m1/s1. The summed E-state index contributed by atoms with van der Waals surface area (Å²) in [5, 5.41) is 3.18. The highest BCUT2D eigenvalue weighted by atomic mass is 32.2. The number of sulfone groups is 1. The van der Waals surface area contributed by atoms with Gasteiger partial charge in [-0.25, -0.2) is 13.4 Å². The number of rotatable bonds is 5. The molecule has 0 spiro atoms. The predicted octanol–water partition coefficient (Wildman–Crippen LogP) is 2.86. The summed E-state index contributed by atoms with van der Waals surface area (Å²) in [7, 11) is -1.28. The van der Waals surface area contributed by atoms with Gasteiger partial charge in [-0.05, 0) is 24.3 Å². The molecule has 0 amide bonds. The molecule has 3 heterocycles. The molecule has 0 bridgehead atoms. The van der Waals surface area contributed by atoms with Crippen LogP contribution in [0.25, 0.3) is 11.3 Å². The summed E-state index contributed by atoms with van der Waals surface area (Å²) in [6.07, 6.45) is 0.769. The quantitative estimate of drug-likeness (QED) is 0.682. The smallest absolute Gasteiger partial charge is 0.153 e. The van der Waals surface area contributed by atoms with E-state index in [1.807, 2.05) is 24.3 Å². The van der Waals surface area contributed by atoms with Crippen molar-refractivity contribution in [3.05, 3.63) is 34.7 Å². The summed E-state index contributed by atoms with van der Waals surface area (Å²) in [6.45, 7) is 0.720. The van der Waals surface area contributed by atoms with Crippen molar-refractivity contribution in [2.24, 2.45) is 0 Å². The molecule has 2 aliphatic rings. The van der Waals surface area contributed by atoms with Gasteiger partial charge in [-0.15, -0.1) is 11.3 Å². The summed E-state index contributed by atoms with van der Waals surface area (Å²) in [4.78, 5) is 6.81. The van der Waals surface area contributed by atoms with Crippen molar-refractivity contribution in [3.8, 4) is 17.0 Å². The molecule has 0 unspecified atom stereocenters. The molecule has 2 saturated heterocycles. The van der Waals surface area contributed by atoms with E-state index in [2.05, 4.69) is 10.3 Å². The average molecular weight is 427 g/mol. The zero-order chi connectivity index (χ0) is 18.3. The molecule has 1 aromatic heterocycles. The fourth-order valence-corrected chi connectivity index (χ4v) is 8.55. The lowest BCUT2D eigenvalue weighted by Gasteiger charge is -2.23. The number of hydrogen-bond donors (Lipinski definition) is 0. The van der Waals surface area contributed by atoms with Crippen LogP contribution in [0.15, 0.2) is 29.6 Å². The lowest BCUT2D eigenvalue weighted by molar-refractivity contribution is 0.365. The summed E-state index contributed by atoms with van der Waals surface area (Å²) < 4.78 is 29.8. The van der Waals surface area contributed by atoms with E-state index in [0.29, 0.717) is 0 Å². The highest BCUT2D eigenvalue weighted by molar-refractivity contribution is 8.24. The van der Waals surface area contributed by atoms with E-state index in [-0.39, 0.29) is 22.8 Å². The third kappa shape index (κ3) is 3.62. The van der Waals surface area contributed by atoms with Crippen LogP contribution in [-0.2, 0) is 16.3 Å². The van der Waals surface area contributed by atoms with Crippen molar-refractivity contribution in [2.75, 3.05) is 25.2 Å². The molecule has 5 nitrogen and oxygen atoms in total. The van der Waals surface area contributed by atoms with Gasteiger partial charge in [-0.2, -0.15) is 0 Å². The Morgan fingerprint density at radius 3 is 2.81 bits per heavy atom. The molecular formula is C17H18N2O3S4. The normalized spacial score (nSPS) is 24.0. The summed E-state index contributed by atoms with van der Waals surface area (Å²) in [5.41, 5.74) is 2.01. The minimum absolute atomic E-state index is 0.0264. The van der Waals surface area contributed by atoms with Crippen molar-refractivity contribution >= 4 is 49.5 Å². The van der Waals surface area contributed by atoms with E-state index in [1.54, 1.807) is 18.4 Å². The molecule has 9 heteroatoms. The zero-order valence-corrected chi connectivity index (χ0v) is 17.4. The highest BCUT2D eigenvalue weighted by Gasteiger charge is 2.47. The Kier molecular flexibility index (Phi) is 4.98. The molecule has 0 radical (unpaired) electrons. The Hall–Kier alpha value is -1.16. The number of fused-ring (bicyclic) bond motifs is 1. The van der Waals surface area contributed by atoms with Gasteiger partial charge in [0.05, 0.1) is 35.4 Å². The summed E-state index contributed by atoms with van der Waals surface area (Å²) >= 11 is 8.62. The molecular weight excluding hydrogens is 408 g/mol. The van der Waals surface area contributed by atoms with Crippen LogP contribution in [0, 0.1) is 0 Å². The van der Waals surface area contributed by atoms with E-state index in [4.69, 9.17) is 21.9 Å². The Balaban J connectivity index is 1.42. The van der Waals surface area contributed by atoms with Crippen molar-refractivity contribution in [3.63, 3.8) is 0 Å². The maximum Gasteiger partial charge on any atom is 0.153 e. The molecule has 1 aromatic carbocycles. The SMILES string of the molecule is COc1ccc(-c2csc(CCN3C(=S)S[C@H]4CS(=O)(=O)C[C@H]43)n2)cc1. The van der Waals surface area contributed by atoms with Gasteiger partial charge in [-0.3, -0.25) is 0 Å². The van der Waals surface area contributed by atoms with Crippen molar-refractivity contribution in [1.29, 1.82) is 0 Å². The van der Waals surface area contributed by atoms with Gasteiger partial charge in [0.1, 0.15) is 10.1 Å². The maximum atomic E-state index is 11.9. The second kappa shape index (κ2) is 7.10. The topological polar surface area (TPSA) is 59.5 Å².